The van der Waals surface area contributed by atoms with Gasteiger partial charge in [0.25, 0.3) is 0 Å². The molecule has 1 aromatic carbocycles. The van der Waals surface area contributed by atoms with Gasteiger partial charge in [-0.05, 0) is 31.6 Å². The van der Waals surface area contributed by atoms with Crippen molar-refractivity contribution < 1.29 is 19.1 Å². The fourth-order valence-corrected chi connectivity index (χ4v) is 2.09. The minimum atomic E-state index is -0.680. The average Bonchev–Trinajstić information content (AvgIpc) is 2.38. The second-order valence-electron chi connectivity index (χ2n) is 4.34. The molecule has 0 aliphatic carbocycles. The van der Waals surface area contributed by atoms with E-state index in [9.17, 15) is 9.59 Å². The van der Waals surface area contributed by atoms with Crippen molar-refractivity contribution in [3.05, 3.63) is 35.9 Å². The van der Waals surface area contributed by atoms with Gasteiger partial charge in [-0.3, -0.25) is 4.79 Å². The quantitative estimate of drug-likeness (QED) is 0.618. The molecular formula is C15H16O4. The molecule has 0 saturated carbocycles. The summed E-state index contributed by atoms with van der Waals surface area (Å²) < 4.78 is 10.6. The van der Waals surface area contributed by atoms with E-state index in [1.165, 1.54) is 6.92 Å². The molecule has 0 aromatic heterocycles. The summed E-state index contributed by atoms with van der Waals surface area (Å²) in [5, 5.41) is 0. The van der Waals surface area contributed by atoms with E-state index >= 15 is 0 Å². The number of fused-ring (bicyclic) bond motifs is 1. The van der Waals surface area contributed by atoms with Gasteiger partial charge in [0.15, 0.2) is 11.9 Å². The van der Waals surface area contributed by atoms with Gasteiger partial charge >= 0.3 is 5.97 Å². The normalized spacial score (nSPS) is 19.5. The zero-order valence-corrected chi connectivity index (χ0v) is 11.0. The Balaban J connectivity index is 2.34. The van der Waals surface area contributed by atoms with Gasteiger partial charge < -0.3 is 9.47 Å². The summed E-state index contributed by atoms with van der Waals surface area (Å²) in [6.07, 6.45) is 1.23. The minimum Gasteiger partial charge on any atom is -0.478 e. The number of rotatable bonds is 3. The van der Waals surface area contributed by atoms with Crippen molar-refractivity contribution in [2.75, 3.05) is 6.61 Å². The lowest BCUT2D eigenvalue weighted by molar-refractivity contribution is -0.151. The first-order valence-electron chi connectivity index (χ1n) is 6.25. The number of ether oxygens (including phenoxy) is 2. The number of benzene rings is 1. The van der Waals surface area contributed by atoms with Crippen LogP contribution in [0.5, 0.6) is 5.75 Å². The van der Waals surface area contributed by atoms with Gasteiger partial charge in [0, 0.05) is 12.0 Å². The van der Waals surface area contributed by atoms with E-state index < -0.39 is 12.1 Å². The summed E-state index contributed by atoms with van der Waals surface area (Å²) >= 11 is 0. The van der Waals surface area contributed by atoms with Gasteiger partial charge in [0.1, 0.15) is 5.75 Å². The summed E-state index contributed by atoms with van der Waals surface area (Å²) in [7, 11) is 0. The van der Waals surface area contributed by atoms with Crippen molar-refractivity contribution in [3.63, 3.8) is 0 Å². The zero-order valence-electron chi connectivity index (χ0n) is 11.0. The van der Waals surface area contributed by atoms with E-state index in [1.54, 1.807) is 19.1 Å². The molecule has 0 radical (unpaired) electrons. The number of hydrogen-bond donors (Lipinski definition) is 0. The van der Waals surface area contributed by atoms with Crippen LogP contribution in [-0.2, 0) is 14.3 Å². The van der Waals surface area contributed by atoms with Gasteiger partial charge in [-0.15, -0.1) is 0 Å². The zero-order chi connectivity index (χ0) is 13.8. The first kappa shape index (κ1) is 13.3. The molecule has 0 bridgehead atoms. The van der Waals surface area contributed by atoms with Crippen LogP contribution >= 0.6 is 0 Å². The highest BCUT2D eigenvalue weighted by Crippen LogP contribution is 2.35. The monoisotopic (exact) mass is 260 g/mol. The lowest BCUT2D eigenvalue weighted by Crippen LogP contribution is -2.32. The Kier molecular flexibility index (Phi) is 4.00. The Morgan fingerprint density at radius 1 is 1.42 bits per heavy atom. The maximum absolute atomic E-state index is 11.8. The third kappa shape index (κ3) is 3.02. The van der Waals surface area contributed by atoms with E-state index in [0.29, 0.717) is 18.8 Å². The topological polar surface area (TPSA) is 52.6 Å². The molecular weight excluding hydrogens is 244 g/mol. The van der Waals surface area contributed by atoms with Crippen LogP contribution in [0.15, 0.2) is 30.3 Å². The number of para-hydroxylation sites is 1. The Morgan fingerprint density at radius 2 is 2.16 bits per heavy atom. The molecule has 0 saturated heterocycles. The lowest BCUT2D eigenvalue weighted by Gasteiger charge is -2.26. The third-order valence-electron chi connectivity index (χ3n) is 2.83. The number of esters is 1. The Hall–Kier alpha value is -2.10. The highest BCUT2D eigenvalue weighted by atomic mass is 16.6. The number of hydrogen-bond acceptors (Lipinski definition) is 4. The predicted octanol–water partition coefficient (Wildman–Crippen LogP) is 2.37. The smallest absolute Gasteiger partial charge is 0.347 e. The second-order valence-corrected chi connectivity index (χ2v) is 4.34. The number of allylic oxidation sites excluding steroid dienone is 1. The van der Waals surface area contributed by atoms with E-state index in [0.717, 1.165) is 11.1 Å². The molecule has 0 spiro atoms. The van der Waals surface area contributed by atoms with Gasteiger partial charge in [-0.2, -0.15) is 0 Å². The van der Waals surface area contributed by atoms with Crippen LogP contribution in [0.4, 0.5) is 0 Å². The molecule has 1 aromatic rings. The summed E-state index contributed by atoms with van der Waals surface area (Å²) in [6.45, 7) is 3.55. The lowest BCUT2D eigenvalue weighted by atomic mass is 9.95. The molecule has 1 atom stereocenters. The maximum Gasteiger partial charge on any atom is 0.347 e. The van der Waals surface area contributed by atoms with Gasteiger partial charge in [-0.25, -0.2) is 4.79 Å². The SMILES string of the molecule is CCOC(=O)[C@@H]1C/C(=C\C(C)=O)c2ccccc2O1. The summed E-state index contributed by atoms with van der Waals surface area (Å²) in [5.74, 6) is 0.167. The van der Waals surface area contributed by atoms with Crippen LogP contribution in [0, 0.1) is 0 Å². The number of carbonyl (C=O) groups excluding carboxylic acids is 2. The Bertz CT molecular complexity index is 531. The molecule has 0 fully saturated rings. The van der Waals surface area contributed by atoms with E-state index in [4.69, 9.17) is 9.47 Å². The van der Waals surface area contributed by atoms with Crippen molar-refractivity contribution in [2.24, 2.45) is 0 Å². The maximum atomic E-state index is 11.8. The molecule has 19 heavy (non-hydrogen) atoms. The van der Waals surface area contributed by atoms with E-state index in [2.05, 4.69) is 0 Å². The Morgan fingerprint density at radius 3 is 2.84 bits per heavy atom. The molecule has 0 amide bonds. The van der Waals surface area contributed by atoms with Crippen LogP contribution < -0.4 is 4.74 Å². The van der Waals surface area contributed by atoms with E-state index in [-0.39, 0.29) is 5.78 Å². The van der Waals surface area contributed by atoms with Crippen molar-refractivity contribution in [3.8, 4) is 5.75 Å². The van der Waals surface area contributed by atoms with E-state index in [1.807, 2.05) is 18.2 Å². The first-order chi connectivity index (χ1) is 9.11. The molecule has 1 aliphatic heterocycles. The molecule has 4 nitrogen and oxygen atoms in total. The number of ketones is 1. The largest absolute Gasteiger partial charge is 0.478 e. The van der Waals surface area contributed by atoms with Gasteiger partial charge in [-0.1, -0.05) is 18.2 Å². The summed E-state index contributed by atoms with van der Waals surface area (Å²) in [4.78, 5) is 23.1. The predicted molar refractivity (Wildman–Crippen MR) is 70.8 cm³/mol. The molecule has 100 valence electrons. The molecule has 0 unspecified atom stereocenters. The highest BCUT2D eigenvalue weighted by Gasteiger charge is 2.30. The summed E-state index contributed by atoms with van der Waals surface area (Å²) in [6, 6.07) is 7.37. The van der Waals surface area contributed by atoms with Crippen molar-refractivity contribution in [1.82, 2.24) is 0 Å². The molecule has 2 rings (SSSR count). The van der Waals surface area contributed by atoms with Crippen LogP contribution in [0.2, 0.25) is 0 Å². The van der Waals surface area contributed by atoms with Crippen molar-refractivity contribution in [1.29, 1.82) is 0 Å². The fourth-order valence-electron chi connectivity index (χ4n) is 2.09. The fraction of sp³-hybridized carbons (Fsp3) is 0.333. The van der Waals surface area contributed by atoms with Crippen LogP contribution in [-0.4, -0.2) is 24.5 Å². The van der Waals surface area contributed by atoms with Crippen LogP contribution in [0.3, 0.4) is 0 Å². The van der Waals surface area contributed by atoms with Gasteiger partial charge in [0.2, 0.25) is 0 Å². The average molecular weight is 260 g/mol. The molecule has 1 aliphatic rings. The first-order valence-corrected chi connectivity index (χ1v) is 6.25. The Labute approximate surface area is 112 Å². The van der Waals surface area contributed by atoms with Crippen molar-refractivity contribution in [2.45, 2.75) is 26.4 Å². The standard InChI is InChI=1S/C15H16O4/c1-3-18-15(17)14-9-11(8-10(2)16)12-6-4-5-7-13(12)19-14/h4-8,14H,3,9H2,1-2H3/b11-8+/t14-/m0/s1. The molecule has 0 N–H and O–H groups in total. The second kappa shape index (κ2) is 5.69. The highest BCUT2D eigenvalue weighted by molar-refractivity contribution is 5.97. The van der Waals surface area contributed by atoms with Gasteiger partial charge in [0.05, 0.1) is 6.61 Å². The molecule has 4 heteroatoms. The van der Waals surface area contributed by atoms with Crippen molar-refractivity contribution >= 4 is 17.3 Å². The third-order valence-corrected chi connectivity index (χ3v) is 2.83. The van der Waals surface area contributed by atoms with Crippen LogP contribution in [0.1, 0.15) is 25.8 Å². The summed E-state index contributed by atoms with van der Waals surface area (Å²) in [5.41, 5.74) is 1.67. The van der Waals surface area contributed by atoms with Crippen LogP contribution in [0.25, 0.3) is 5.57 Å². The minimum absolute atomic E-state index is 0.0469. The molecule has 1 heterocycles. The number of carbonyl (C=O) groups is 2.